The van der Waals surface area contributed by atoms with Crippen molar-refractivity contribution in [3.05, 3.63) is 157 Å². The molecule has 0 saturated heterocycles. The van der Waals surface area contributed by atoms with E-state index >= 15 is 0 Å². The van der Waals surface area contributed by atoms with E-state index in [9.17, 15) is 5.48 Å². The maximum atomic E-state index is 9.28. The molecule has 1 aromatic heterocycles. The molecule has 0 atom stereocenters. The molecular weight excluding hydrogens is 520 g/mol. The summed E-state index contributed by atoms with van der Waals surface area (Å²) in [5.41, 5.74) is 2.53. The summed E-state index contributed by atoms with van der Waals surface area (Å²) in [5, 5.41) is 2.66. The molecule has 1 heterocycles. The van der Waals surface area contributed by atoms with Crippen molar-refractivity contribution in [2.24, 2.45) is 0 Å². The summed E-state index contributed by atoms with van der Waals surface area (Å²) in [6.07, 6.45) is 0. The van der Waals surface area contributed by atoms with Crippen LogP contribution in [0.4, 0.5) is 0 Å². The zero-order chi connectivity index (χ0) is 39.6. The van der Waals surface area contributed by atoms with Gasteiger partial charge in [0.25, 0.3) is 0 Å². The molecule has 8 aromatic carbocycles. The highest BCUT2D eigenvalue weighted by Gasteiger charge is 2.19. The Bertz CT molecular complexity index is 3130. The van der Waals surface area contributed by atoms with Crippen molar-refractivity contribution in [1.29, 1.82) is 0 Å². The lowest BCUT2D eigenvalue weighted by molar-refractivity contribution is 0.669. The van der Waals surface area contributed by atoms with Gasteiger partial charge in [0.1, 0.15) is 11.2 Å². The second-order valence-corrected chi connectivity index (χ2v) is 10.3. The summed E-state index contributed by atoms with van der Waals surface area (Å²) in [5.74, 6) is 0. The van der Waals surface area contributed by atoms with E-state index in [0.29, 0.717) is 22.1 Å². The quantitative estimate of drug-likeness (QED) is 0.196. The lowest BCUT2D eigenvalue weighted by Gasteiger charge is -2.17. The normalized spacial score (nSPS) is 16.0. The molecule has 200 valence electrons. The van der Waals surface area contributed by atoms with Gasteiger partial charge in [0.05, 0.1) is 17.8 Å². The van der Waals surface area contributed by atoms with Crippen LogP contribution in [0.3, 0.4) is 0 Å². The van der Waals surface area contributed by atoms with E-state index in [0.717, 1.165) is 27.3 Å². The first kappa shape index (κ1) is 14.5. The van der Waals surface area contributed by atoms with Crippen LogP contribution in [-0.4, -0.2) is 0 Å². The SMILES string of the molecule is [2H]c1c([2H])c([2H])c(-c2c3c([2H])c([2H])c([2H])c([2H])c3c(-c3ccc4oc5cccc(-c6cccc7ccccc67)c5c4c3)c3c([2H])c([2H])c([2H])c([2H])c23)c([2H])c1[2H]. The van der Waals surface area contributed by atoms with Crippen LogP contribution < -0.4 is 0 Å². The Hall–Kier alpha value is -5.66. The molecule has 0 aliphatic rings. The molecule has 0 radical (unpaired) electrons. The zero-order valence-corrected chi connectivity index (χ0v) is 22.4. The largest absolute Gasteiger partial charge is 0.456 e. The molecule has 1 nitrogen and oxygen atoms in total. The van der Waals surface area contributed by atoms with E-state index in [1.54, 1.807) is 18.2 Å². The second-order valence-electron chi connectivity index (χ2n) is 10.3. The molecule has 0 unspecified atom stereocenters. The monoisotopic (exact) mass is 559 g/mol. The summed E-state index contributed by atoms with van der Waals surface area (Å²) >= 11 is 0. The Kier molecular flexibility index (Phi) is 3.18. The summed E-state index contributed by atoms with van der Waals surface area (Å²) in [4.78, 5) is 0. The highest BCUT2D eigenvalue weighted by molar-refractivity contribution is 6.23. The minimum absolute atomic E-state index is 0.0593. The number of furan rings is 1. The minimum Gasteiger partial charge on any atom is -0.456 e. The van der Waals surface area contributed by atoms with Gasteiger partial charge in [0.15, 0.2) is 0 Å². The third kappa shape index (κ3) is 3.65. The first-order valence-electron chi connectivity index (χ1n) is 20.2. The highest BCUT2D eigenvalue weighted by Crippen LogP contribution is 2.45. The van der Waals surface area contributed by atoms with E-state index < -0.39 is 84.1 Å². The number of rotatable bonds is 3. The molecule has 0 saturated carbocycles. The first-order valence-corrected chi connectivity index (χ1v) is 13.7. The molecule has 43 heavy (non-hydrogen) atoms. The van der Waals surface area contributed by atoms with Gasteiger partial charge < -0.3 is 4.42 Å². The summed E-state index contributed by atoms with van der Waals surface area (Å²) in [7, 11) is 0. The lowest BCUT2D eigenvalue weighted by Crippen LogP contribution is -1.90. The molecule has 0 spiro atoms. The van der Waals surface area contributed by atoms with Gasteiger partial charge in [0.2, 0.25) is 0 Å². The molecule has 0 aliphatic carbocycles. The molecule has 0 aliphatic heterocycles. The van der Waals surface area contributed by atoms with Crippen molar-refractivity contribution < 1.29 is 22.2 Å². The van der Waals surface area contributed by atoms with Crippen molar-refractivity contribution in [3.8, 4) is 33.4 Å². The molecule has 9 aromatic rings. The van der Waals surface area contributed by atoms with Crippen molar-refractivity contribution in [2.75, 3.05) is 0 Å². The van der Waals surface area contributed by atoms with Crippen LogP contribution in [0.2, 0.25) is 0 Å². The Balaban J connectivity index is 1.51. The average Bonchev–Trinajstić information content (AvgIpc) is 3.59. The zero-order valence-electron chi connectivity index (χ0n) is 35.4. The smallest absolute Gasteiger partial charge is 0.136 e. The molecular formula is C42H26O. The predicted molar refractivity (Wildman–Crippen MR) is 183 cm³/mol. The Morgan fingerprint density at radius 3 is 1.77 bits per heavy atom. The number of hydrogen-bond acceptors (Lipinski definition) is 1. The van der Waals surface area contributed by atoms with Crippen LogP contribution in [-0.2, 0) is 0 Å². The van der Waals surface area contributed by atoms with E-state index in [4.69, 9.17) is 16.8 Å². The van der Waals surface area contributed by atoms with Crippen LogP contribution in [0.5, 0.6) is 0 Å². The lowest BCUT2D eigenvalue weighted by atomic mass is 9.85. The molecule has 0 bridgehead atoms. The molecule has 0 fully saturated rings. The van der Waals surface area contributed by atoms with Crippen molar-refractivity contribution in [2.45, 2.75) is 0 Å². The molecule has 0 amide bonds. The Morgan fingerprint density at radius 1 is 0.419 bits per heavy atom. The Morgan fingerprint density at radius 2 is 1.02 bits per heavy atom. The maximum absolute atomic E-state index is 9.28. The van der Waals surface area contributed by atoms with Crippen molar-refractivity contribution >= 4 is 54.3 Å². The van der Waals surface area contributed by atoms with Gasteiger partial charge in [-0.3, -0.25) is 0 Å². The van der Waals surface area contributed by atoms with Gasteiger partial charge in [-0.1, -0.05) is 139 Å². The van der Waals surface area contributed by atoms with E-state index in [2.05, 4.69) is 0 Å². The number of benzene rings is 8. The fraction of sp³-hybridized carbons (Fsp3) is 0. The van der Waals surface area contributed by atoms with Crippen LogP contribution >= 0.6 is 0 Å². The average molecular weight is 560 g/mol. The van der Waals surface area contributed by atoms with Crippen LogP contribution in [0, 0.1) is 0 Å². The van der Waals surface area contributed by atoms with Gasteiger partial charge in [-0.2, -0.15) is 0 Å². The van der Waals surface area contributed by atoms with E-state index in [-0.39, 0.29) is 32.7 Å². The highest BCUT2D eigenvalue weighted by atomic mass is 16.3. The standard InChI is InChI=1S/C42H26O/c1-2-13-28(14-3-1)40-33-17-6-8-19-35(33)41(36-20-9-7-18-34(36)40)29-24-25-38-37(26-29)42-32(22-11-23-39(42)43-38)31-21-10-15-27-12-4-5-16-30(27)31/h1-26H/i1D,2D,3D,6D,7D,8D,9D,13D,14D,17D,18D,19D,20D. The second kappa shape index (κ2) is 9.44. The molecule has 0 N–H and O–H groups in total. The molecule has 9 rings (SSSR count). The fourth-order valence-electron chi connectivity index (χ4n) is 6.21. The van der Waals surface area contributed by atoms with Crippen LogP contribution in [0.15, 0.2) is 162 Å². The van der Waals surface area contributed by atoms with Gasteiger partial charge >= 0.3 is 0 Å². The number of hydrogen-bond donors (Lipinski definition) is 0. The van der Waals surface area contributed by atoms with Gasteiger partial charge in [-0.25, -0.2) is 0 Å². The van der Waals surface area contributed by atoms with E-state index in [1.807, 2.05) is 60.7 Å². The summed E-state index contributed by atoms with van der Waals surface area (Å²) in [6.45, 7) is 0. The first-order chi connectivity index (χ1) is 26.7. The third-order valence-electron chi connectivity index (χ3n) is 7.99. The van der Waals surface area contributed by atoms with Gasteiger partial charge in [-0.05, 0) is 83.9 Å². The maximum Gasteiger partial charge on any atom is 0.136 e. The minimum atomic E-state index is -0.715. The Labute approximate surface area is 267 Å². The van der Waals surface area contributed by atoms with E-state index in [1.165, 1.54) is 0 Å². The third-order valence-corrected chi connectivity index (χ3v) is 7.99. The molecule has 1 heteroatoms. The van der Waals surface area contributed by atoms with Crippen molar-refractivity contribution in [1.82, 2.24) is 0 Å². The predicted octanol–water partition coefficient (Wildman–Crippen LogP) is 12.0. The van der Waals surface area contributed by atoms with Crippen LogP contribution in [0.1, 0.15) is 17.8 Å². The van der Waals surface area contributed by atoms with Gasteiger partial charge in [0, 0.05) is 10.8 Å². The van der Waals surface area contributed by atoms with Gasteiger partial charge in [-0.15, -0.1) is 0 Å². The van der Waals surface area contributed by atoms with Crippen molar-refractivity contribution in [3.63, 3.8) is 0 Å². The summed E-state index contributed by atoms with van der Waals surface area (Å²) < 4.78 is 121. The fourth-order valence-corrected chi connectivity index (χ4v) is 6.21. The topological polar surface area (TPSA) is 13.1 Å². The summed E-state index contributed by atoms with van der Waals surface area (Å²) in [6, 6.07) is 16.5. The van der Waals surface area contributed by atoms with Crippen LogP contribution in [0.25, 0.3) is 87.6 Å². The number of fused-ring (bicyclic) bond motifs is 6.